The van der Waals surface area contributed by atoms with Gasteiger partial charge in [0.15, 0.2) is 9.84 Å². The fourth-order valence-electron chi connectivity index (χ4n) is 3.89. The van der Waals surface area contributed by atoms with E-state index < -0.39 is 20.4 Å². The second-order valence-electron chi connectivity index (χ2n) is 7.51. The first-order chi connectivity index (χ1) is 14.3. The first kappa shape index (κ1) is 20.1. The second kappa shape index (κ2) is 7.91. The van der Waals surface area contributed by atoms with Gasteiger partial charge in [-0.25, -0.2) is 13.4 Å². The van der Waals surface area contributed by atoms with E-state index in [2.05, 4.69) is 14.9 Å². The summed E-state index contributed by atoms with van der Waals surface area (Å²) in [6, 6.07) is 14.3. The largest absolute Gasteiger partial charge is 0.371 e. The summed E-state index contributed by atoms with van der Waals surface area (Å²) in [5.41, 5.74) is 2.29. The Balaban J connectivity index is 1.59. The molecule has 4 rings (SSSR count). The molecule has 0 radical (unpaired) electrons. The van der Waals surface area contributed by atoms with Crippen LogP contribution in [0.2, 0.25) is 0 Å². The predicted molar refractivity (Wildman–Crippen MR) is 114 cm³/mol. The average Bonchev–Trinajstić information content (AvgIpc) is 3.24. The van der Waals surface area contributed by atoms with Gasteiger partial charge >= 0.3 is 0 Å². The molecular weight excluding hydrogens is 404 g/mol. The smallest absolute Gasteiger partial charge is 0.288 e. The molecule has 156 valence electrons. The predicted octanol–water partition coefficient (Wildman–Crippen LogP) is 3.77. The van der Waals surface area contributed by atoms with Crippen LogP contribution in [0.1, 0.15) is 24.6 Å². The van der Waals surface area contributed by atoms with Crippen molar-refractivity contribution < 1.29 is 13.3 Å². The molecule has 1 atom stereocenters. The molecule has 0 spiro atoms. The zero-order valence-corrected chi connectivity index (χ0v) is 17.3. The van der Waals surface area contributed by atoms with Gasteiger partial charge in [-0.2, -0.15) is 0 Å². The van der Waals surface area contributed by atoms with Crippen molar-refractivity contribution in [3.63, 3.8) is 0 Å². The molecular formula is C21H22N4O4S. The van der Waals surface area contributed by atoms with Crippen LogP contribution in [0.5, 0.6) is 0 Å². The summed E-state index contributed by atoms with van der Waals surface area (Å²) in [5, 5.41) is 11.2. The van der Waals surface area contributed by atoms with Crippen molar-refractivity contribution in [2.24, 2.45) is 0 Å². The number of aromatic nitrogens is 2. The fourth-order valence-corrected chi connectivity index (χ4v) is 4.75. The number of rotatable bonds is 5. The molecule has 2 heterocycles. The van der Waals surface area contributed by atoms with Gasteiger partial charge in [-0.05, 0) is 30.5 Å². The standard InChI is InChI=1S/C21H22N4O4S/c1-30(28,29)20-12-17(9-10-19(20)25(26)27)24-11-5-8-16(14-24)21-22-13-18(23-21)15-6-3-2-4-7-15/h2-4,6-7,9-10,12-13,16H,5,8,11,14H2,1H3,(H,22,23). The highest BCUT2D eigenvalue weighted by atomic mass is 32.2. The van der Waals surface area contributed by atoms with Gasteiger partial charge in [-0.3, -0.25) is 10.1 Å². The summed E-state index contributed by atoms with van der Waals surface area (Å²) in [7, 11) is -3.72. The van der Waals surface area contributed by atoms with Crippen molar-refractivity contribution in [2.45, 2.75) is 23.7 Å². The number of anilines is 1. The molecule has 8 nitrogen and oxygen atoms in total. The highest BCUT2D eigenvalue weighted by Gasteiger charge is 2.27. The Labute approximate surface area is 174 Å². The maximum absolute atomic E-state index is 12.1. The van der Waals surface area contributed by atoms with Gasteiger partial charge in [0.25, 0.3) is 5.69 Å². The number of imidazole rings is 1. The second-order valence-corrected chi connectivity index (χ2v) is 9.50. The molecule has 1 aromatic heterocycles. The van der Waals surface area contributed by atoms with Crippen LogP contribution in [0.3, 0.4) is 0 Å². The van der Waals surface area contributed by atoms with Crippen molar-refractivity contribution in [1.29, 1.82) is 0 Å². The maximum Gasteiger partial charge on any atom is 0.288 e. The lowest BCUT2D eigenvalue weighted by Crippen LogP contribution is -2.34. The number of nitro benzene ring substituents is 1. The molecule has 1 aliphatic heterocycles. The Morgan fingerprint density at radius 3 is 2.67 bits per heavy atom. The summed E-state index contributed by atoms with van der Waals surface area (Å²) in [5.74, 6) is 1.05. The fraction of sp³-hybridized carbons (Fsp3) is 0.286. The normalized spacial score (nSPS) is 17.1. The van der Waals surface area contributed by atoms with Crippen molar-refractivity contribution in [2.75, 3.05) is 24.2 Å². The first-order valence-corrected chi connectivity index (χ1v) is 11.6. The molecule has 3 aromatic rings. The molecule has 9 heteroatoms. The number of H-pyrrole nitrogens is 1. The number of sulfone groups is 1. The average molecular weight is 426 g/mol. The SMILES string of the molecule is CS(=O)(=O)c1cc(N2CCCC(c3ncc(-c4ccccc4)[nH]3)C2)ccc1[N+](=O)[O-]. The maximum atomic E-state index is 12.1. The molecule has 1 saturated heterocycles. The van der Waals surface area contributed by atoms with Gasteiger partial charge in [-0.1, -0.05) is 30.3 Å². The van der Waals surface area contributed by atoms with Crippen LogP contribution in [0.15, 0.2) is 59.6 Å². The molecule has 30 heavy (non-hydrogen) atoms. The van der Waals surface area contributed by atoms with E-state index in [-0.39, 0.29) is 10.8 Å². The van der Waals surface area contributed by atoms with Crippen LogP contribution < -0.4 is 4.90 Å². The van der Waals surface area contributed by atoms with Crippen LogP contribution in [0.25, 0.3) is 11.3 Å². The minimum Gasteiger partial charge on any atom is -0.371 e. The van der Waals surface area contributed by atoms with Crippen LogP contribution in [-0.2, 0) is 9.84 Å². The summed E-state index contributed by atoms with van der Waals surface area (Å²) in [6.45, 7) is 1.41. The Bertz CT molecular complexity index is 1170. The van der Waals surface area contributed by atoms with E-state index in [4.69, 9.17) is 0 Å². The molecule has 0 aliphatic carbocycles. The van der Waals surface area contributed by atoms with Crippen LogP contribution in [0.4, 0.5) is 11.4 Å². The summed E-state index contributed by atoms with van der Waals surface area (Å²) < 4.78 is 24.2. The van der Waals surface area contributed by atoms with Crippen molar-refractivity contribution in [3.05, 3.63) is 70.7 Å². The molecule has 0 amide bonds. The number of hydrogen-bond donors (Lipinski definition) is 1. The highest BCUT2D eigenvalue weighted by Crippen LogP contribution is 2.33. The van der Waals surface area contributed by atoms with E-state index in [1.165, 1.54) is 12.1 Å². The van der Waals surface area contributed by atoms with Crippen molar-refractivity contribution in [1.82, 2.24) is 9.97 Å². The quantitative estimate of drug-likeness (QED) is 0.491. The van der Waals surface area contributed by atoms with Gasteiger partial charge in [0.05, 0.1) is 16.8 Å². The van der Waals surface area contributed by atoms with E-state index in [9.17, 15) is 18.5 Å². The molecule has 1 N–H and O–H groups in total. The van der Waals surface area contributed by atoms with Crippen molar-refractivity contribution in [3.8, 4) is 11.3 Å². The van der Waals surface area contributed by atoms with Gasteiger partial charge in [0.1, 0.15) is 10.7 Å². The van der Waals surface area contributed by atoms with Gasteiger partial charge < -0.3 is 9.88 Å². The van der Waals surface area contributed by atoms with E-state index in [1.807, 2.05) is 36.5 Å². The van der Waals surface area contributed by atoms with Gasteiger partial charge in [-0.15, -0.1) is 0 Å². The number of aromatic amines is 1. The first-order valence-electron chi connectivity index (χ1n) is 9.66. The lowest BCUT2D eigenvalue weighted by Gasteiger charge is -2.33. The third-order valence-corrected chi connectivity index (χ3v) is 6.52. The van der Waals surface area contributed by atoms with Crippen LogP contribution in [-0.4, -0.2) is 42.7 Å². The Morgan fingerprint density at radius 2 is 1.97 bits per heavy atom. The number of nitro groups is 1. The Hall–Kier alpha value is -3.20. The number of nitrogens with zero attached hydrogens (tertiary/aromatic N) is 3. The number of nitrogens with one attached hydrogen (secondary N) is 1. The highest BCUT2D eigenvalue weighted by molar-refractivity contribution is 7.90. The number of benzene rings is 2. The van der Waals surface area contributed by atoms with Crippen LogP contribution in [0, 0.1) is 10.1 Å². The van der Waals surface area contributed by atoms with E-state index in [0.717, 1.165) is 42.7 Å². The third kappa shape index (κ3) is 4.06. The molecule has 0 bridgehead atoms. The van der Waals surface area contributed by atoms with E-state index in [0.29, 0.717) is 12.2 Å². The Kier molecular flexibility index (Phi) is 5.29. The monoisotopic (exact) mass is 426 g/mol. The molecule has 1 unspecified atom stereocenters. The summed E-state index contributed by atoms with van der Waals surface area (Å²) in [4.78, 5) is 20.4. The number of piperidine rings is 1. The van der Waals surface area contributed by atoms with Crippen LogP contribution >= 0.6 is 0 Å². The van der Waals surface area contributed by atoms with E-state index >= 15 is 0 Å². The topological polar surface area (TPSA) is 109 Å². The molecule has 1 fully saturated rings. The molecule has 0 saturated carbocycles. The van der Waals surface area contributed by atoms with Crippen molar-refractivity contribution >= 4 is 21.2 Å². The minimum atomic E-state index is -3.72. The zero-order valence-electron chi connectivity index (χ0n) is 16.5. The summed E-state index contributed by atoms with van der Waals surface area (Å²) >= 11 is 0. The molecule has 2 aromatic carbocycles. The summed E-state index contributed by atoms with van der Waals surface area (Å²) in [6.07, 6.45) is 4.70. The van der Waals surface area contributed by atoms with Gasteiger partial charge in [0, 0.05) is 37.0 Å². The third-order valence-electron chi connectivity index (χ3n) is 5.39. The number of hydrogen-bond acceptors (Lipinski definition) is 6. The molecule has 1 aliphatic rings. The Morgan fingerprint density at radius 1 is 1.20 bits per heavy atom. The lowest BCUT2D eigenvalue weighted by atomic mass is 9.97. The zero-order chi connectivity index (χ0) is 21.3. The minimum absolute atomic E-state index is 0.160. The van der Waals surface area contributed by atoms with Gasteiger partial charge in [0.2, 0.25) is 0 Å². The lowest BCUT2D eigenvalue weighted by molar-refractivity contribution is -0.387. The van der Waals surface area contributed by atoms with E-state index in [1.54, 1.807) is 6.07 Å².